The van der Waals surface area contributed by atoms with E-state index < -0.39 is 17.4 Å². The second kappa shape index (κ2) is 9.47. The van der Waals surface area contributed by atoms with Gasteiger partial charge in [-0.2, -0.15) is 0 Å². The Morgan fingerprint density at radius 1 is 1.00 bits per heavy atom. The van der Waals surface area contributed by atoms with Gasteiger partial charge in [0.25, 0.3) is 5.56 Å². The number of carbonyl (C=O) groups excluding carboxylic acids is 1. The quantitative estimate of drug-likeness (QED) is 0.329. The number of aryl methyl sites for hydroxylation is 2. The molecule has 0 saturated heterocycles. The van der Waals surface area contributed by atoms with Crippen LogP contribution in [0, 0.1) is 6.92 Å². The van der Waals surface area contributed by atoms with Gasteiger partial charge in [-0.3, -0.25) is 9.59 Å². The Balaban J connectivity index is 2.04. The van der Waals surface area contributed by atoms with Gasteiger partial charge in [0.1, 0.15) is 11.5 Å². The summed E-state index contributed by atoms with van der Waals surface area (Å²) in [4.78, 5) is 25.5. The molecular weight excluding hydrogens is 414 g/mol. The van der Waals surface area contributed by atoms with E-state index in [0.717, 1.165) is 0 Å². The molecule has 0 aliphatic rings. The topological polar surface area (TPSA) is 129 Å². The molecule has 0 aliphatic carbocycles. The van der Waals surface area contributed by atoms with Gasteiger partial charge >= 0.3 is 5.97 Å². The number of hydrogen-bond donors (Lipinski definition) is 4. The minimum absolute atomic E-state index is 0.0279. The molecule has 168 valence electrons. The van der Waals surface area contributed by atoms with Gasteiger partial charge in [0, 0.05) is 18.2 Å². The molecule has 0 fully saturated rings. The summed E-state index contributed by atoms with van der Waals surface area (Å²) in [7, 11) is 1.24. The molecule has 3 rings (SSSR count). The van der Waals surface area contributed by atoms with E-state index in [4.69, 9.17) is 4.74 Å². The average molecular weight is 439 g/mol. The smallest absolute Gasteiger partial charge is 0.306 e. The fourth-order valence-corrected chi connectivity index (χ4v) is 3.72. The van der Waals surface area contributed by atoms with E-state index in [2.05, 4.69) is 0 Å². The van der Waals surface area contributed by atoms with Crippen LogP contribution >= 0.6 is 0 Å². The molecule has 4 N–H and O–H groups in total. The van der Waals surface area contributed by atoms with Crippen LogP contribution < -0.4 is 5.56 Å². The molecule has 1 aromatic heterocycles. The minimum atomic E-state index is -0.827. The number of carbonyl (C=O) groups is 1. The number of pyridine rings is 1. The van der Waals surface area contributed by atoms with Crippen molar-refractivity contribution in [1.29, 1.82) is 0 Å². The Labute approximate surface area is 184 Å². The summed E-state index contributed by atoms with van der Waals surface area (Å²) in [5.74, 6) is -2.15. The van der Waals surface area contributed by atoms with Crippen molar-refractivity contribution < 1.29 is 30.0 Å². The number of rotatable bonds is 7. The first-order valence-corrected chi connectivity index (χ1v) is 10.0. The van der Waals surface area contributed by atoms with E-state index in [1.54, 1.807) is 25.1 Å². The predicted molar refractivity (Wildman–Crippen MR) is 117 cm³/mol. The largest absolute Gasteiger partial charge is 0.508 e. The molecule has 0 spiro atoms. The Morgan fingerprint density at radius 2 is 1.75 bits per heavy atom. The molecule has 0 amide bonds. The predicted octanol–water partition coefficient (Wildman–Crippen LogP) is 2.92. The van der Waals surface area contributed by atoms with Gasteiger partial charge in [-0.05, 0) is 54.8 Å². The van der Waals surface area contributed by atoms with Gasteiger partial charge in [-0.1, -0.05) is 18.2 Å². The Bertz CT molecular complexity index is 1200. The molecule has 0 bridgehead atoms. The summed E-state index contributed by atoms with van der Waals surface area (Å²) in [6.45, 7) is 1.93. The van der Waals surface area contributed by atoms with Gasteiger partial charge in [0.05, 0.1) is 19.1 Å². The standard InChI is InChI=1S/C24H25NO7/c1-14-10-21(29)23(18(13-22(30)32-2)16-4-3-5-17(26)12-16)24(31)25(14)9-8-15-6-7-19(27)20(28)11-15/h3-7,10-12,18,26-29H,8-9,13H2,1-2H3/t18-/m0/s1. The number of methoxy groups -OCH3 is 1. The van der Waals surface area contributed by atoms with E-state index >= 15 is 0 Å². The highest BCUT2D eigenvalue weighted by molar-refractivity contribution is 5.71. The van der Waals surface area contributed by atoms with Crippen molar-refractivity contribution in [1.82, 2.24) is 4.57 Å². The highest BCUT2D eigenvalue weighted by Crippen LogP contribution is 2.34. The number of phenolic OH excluding ortho intramolecular Hbond substituents is 3. The van der Waals surface area contributed by atoms with E-state index in [1.807, 2.05) is 0 Å². The van der Waals surface area contributed by atoms with Crippen LogP contribution in [-0.4, -0.2) is 38.1 Å². The van der Waals surface area contributed by atoms with Gasteiger partial charge in [-0.25, -0.2) is 0 Å². The van der Waals surface area contributed by atoms with Crippen molar-refractivity contribution in [3.63, 3.8) is 0 Å². The lowest BCUT2D eigenvalue weighted by molar-refractivity contribution is -0.140. The Morgan fingerprint density at radius 3 is 2.41 bits per heavy atom. The fraction of sp³-hybridized carbons (Fsp3) is 0.250. The highest BCUT2D eigenvalue weighted by Gasteiger charge is 2.26. The van der Waals surface area contributed by atoms with Crippen LogP contribution in [-0.2, 0) is 22.5 Å². The Hall–Kier alpha value is -3.94. The van der Waals surface area contributed by atoms with Gasteiger partial charge in [0.2, 0.25) is 0 Å². The van der Waals surface area contributed by atoms with Crippen LogP contribution in [0.15, 0.2) is 53.3 Å². The zero-order valence-corrected chi connectivity index (χ0v) is 17.8. The van der Waals surface area contributed by atoms with Crippen LogP contribution in [0.2, 0.25) is 0 Å². The summed E-state index contributed by atoms with van der Waals surface area (Å²) in [5.41, 5.74) is 1.27. The maximum absolute atomic E-state index is 13.4. The molecular formula is C24H25NO7. The second-order valence-electron chi connectivity index (χ2n) is 7.54. The third-order valence-corrected chi connectivity index (χ3v) is 5.41. The average Bonchev–Trinajstić information content (AvgIpc) is 2.74. The van der Waals surface area contributed by atoms with Crippen molar-refractivity contribution in [2.24, 2.45) is 0 Å². The lowest BCUT2D eigenvalue weighted by atomic mass is 9.88. The number of hydrogen-bond acceptors (Lipinski definition) is 7. The van der Waals surface area contributed by atoms with E-state index in [0.29, 0.717) is 23.2 Å². The molecule has 0 unspecified atom stereocenters. The summed E-state index contributed by atoms with van der Waals surface area (Å²) in [6.07, 6.45) is 0.185. The highest BCUT2D eigenvalue weighted by atomic mass is 16.5. The molecule has 2 aromatic carbocycles. The zero-order chi connectivity index (χ0) is 23.4. The lowest BCUT2D eigenvalue weighted by Gasteiger charge is -2.20. The van der Waals surface area contributed by atoms with Crippen molar-refractivity contribution in [2.45, 2.75) is 32.2 Å². The summed E-state index contributed by atoms with van der Waals surface area (Å²) in [5, 5.41) is 39.7. The van der Waals surface area contributed by atoms with Crippen molar-refractivity contribution in [3.8, 4) is 23.0 Å². The maximum atomic E-state index is 13.4. The van der Waals surface area contributed by atoms with Crippen LogP contribution in [0.25, 0.3) is 0 Å². The Kier molecular flexibility index (Phi) is 6.73. The first kappa shape index (κ1) is 22.7. The number of nitrogens with zero attached hydrogens (tertiary/aromatic N) is 1. The third-order valence-electron chi connectivity index (χ3n) is 5.41. The first-order chi connectivity index (χ1) is 15.2. The summed E-state index contributed by atoms with van der Waals surface area (Å²) < 4.78 is 6.26. The van der Waals surface area contributed by atoms with Crippen LogP contribution in [0.3, 0.4) is 0 Å². The monoisotopic (exact) mass is 439 g/mol. The normalized spacial score (nSPS) is 11.8. The van der Waals surface area contributed by atoms with E-state index in [-0.39, 0.29) is 41.5 Å². The van der Waals surface area contributed by atoms with Crippen molar-refractivity contribution in [3.05, 3.63) is 81.3 Å². The van der Waals surface area contributed by atoms with E-state index in [9.17, 15) is 30.0 Å². The SMILES string of the molecule is COC(=O)C[C@@H](c1cccc(O)c1)c1c(O)cc(C)n(CCc2ccc(O)c(O)c2)c1=O. The molecule has 8 heteroatoms. The van der Waals surface area contributed by atoms with Crippen molar-refractivity contribution in [2.75, 3.05) is 7.11 Å². The molecule has 0 radical (unpaired) electrons. The summed E-state index contributed by atoms with van der Waals surface area (Å²) >= 11 is 0. The number of phenols is 3. The van der Waals surface area contributed by atoms with E-state index in [1.165, 1.54) is 42.0 Å². The molecule has 8 nitrogen and oxygen atoms in total. The summed E-state index contributed by atoms with van der Waals surface area (Å²) in [6, 6.07) is 12.1. The van der Waals surface area contributed by atoms with Crippen molar-refractivity contribution >= 4 is 5.97 Å². The molecule has 3 aromatic rings. The van der Waals surface area contributed by atoms with Crippen LogP contribution in [0.5, 0.6) is 23.0 Å². The van der Waals surface area contributed by atoms with Gasteiger partial charge in [-0.15, -0.1) is 0 Å². The first-order valence-electron chi connectivity index (χ1n) is 10.0. The molecule has 0 aliphatic heterocycles. The number of aromatic hydroxyl groups is 4. The van der Waals surface area contributed by atoms with Gasteiger partial charge in [0.15, 0.2) is 11.5 Å². The molecule has 32 heavy (non-hydrogen) atoms. The number of benzene rings is 2. The maximum Gasteiger partial charge on any atom is 0.306 e. The molecule has 1 heterocycles. The lowest BCUT2D eigenvalue weighted by Crippen LogP contribution is -2.29. The molecule has 1 atom stereocenters. The molecule has 0 saturated carbocycles. The van der Waals surface area contributed by atoms with Gasteiger partial charge < -0.3 is 29.7 Å². The fourth-order valence-electron chi connectivity index (χ4n) is 3.72. The number of ether oxygens (including phenoxy) is 1. The second-order valence-corrected chi connectivity index (χ2v) is 7.54. The number of aromatic nitrogens is 1. The third kappa shape index (κ3) is 4.85. The minimum Gasteiger partial charge on any atom is -0.508 e. The number of esters is 1. The van der Waals surface area contributed by atoms with Crippen LogP contribution in [0.4, 0.5) is 0 Å². The van der Waals surface area contributed by atoms with Crippen LogP contribution in [0.1, 0.15) is 34.7 Å². The zero-order valence-electron chi connectivity index (χ0n) is 17.8.